The second-order valence-electron chi connectivity index (χ2n) is 9.13. The van der Waals surface area contributed by atoms with Gasteiger partial charge in [0.2, 0.25) is 11.6 Å². The number of hydrogen-bond donors (Lipinski definition) is 0. The van der Waals surface area contributed by atoms with Crippen molar-refractivity contribution in [3.63, 3.8) is 0 Å². The van der Waals surface area contributed by atoms with Gasteiger partial charge in [0.1, 0.15) is 5.60 Å². The quantitative estimate of drug-likeness (QED) is 0.520. The Bertz CT molecular complexity index is 788. The van der Waals surface area contributed by atoms with Crippen LogP contribution in [0.4, 0.5) is 0 Å². The molecule has 4 atom stereocenters. The van der Waals surface area contributed by atoms with Crippen LogP contribution in [0.3, 0.4) is 0 Å². The fourth-order valence-corrected chi connectivity index (χ4v) is 5.94. The van der Waals surface area contributed by atoms with Crippen molar-refractivity contribution in [2.75, 3.05) is 7.11 Å². The molecular formula is C22H28O4. The highest BCUT2D eigenvalue weighted by Gasteiger charge is 2.64. The second kappa shape index (κ2) is 5.34. The van der Waals surface area contributed by atoms with E-state index in [9.17, 15) is 9.59 Å². The van der Waals surface area contributed by atoms with Crippen molar-refractivity contribution >= 4 is 11.6 Å². The van der Waals surface area contributed by atoms with E-state index >= 15 is 0 Å². The summed E-state index contributed by atoms with van der Waals surface area (Å²) in [5.74, 6) is 0.223. The van der Waals surface area contributed by atoms with Crippen molar-refractivity contribution in [3.8, 4) is 0 Å². The highest BCUT2D eigenvalue weighted by molar-refractivity contribution is 6.21. The van der Waals surface area contributed by atoms with Gasteiger partial charge in [0, 0.05) is 17.4 Å². The summed E-state index contributed by atoms with van der Waals surface area (Å²) in [7, 11) is 1.43. The first-order valence-corrected chi connectivity index (χ1v) is 9.61. The normalized spacial score (nSPS) is 42.4. The molecule has 2 fully saturated rings. The number of rotatable bonds is 1. The maximum atomic E-state index is 12.8. The van der Waals surface area contributed by atoms with E-state index in [-0.39, 0.29) is 33.9 Å². The summed E-state index contributed by atoms with van der Waals surface area (Å²) in [6, 6.07) is 0. The zero-order chi connectivity index (χ0) is 18.9. The highest BCUT2D eigenvalue weighted by atomic mass is 16.5. The topological polar surface area (TPSA) is 52.6 Å². The van der Waals surface area contributed by atoms with Crippen LogP contribution in [0, 0.1) is 16.7 Å². The van der Waals surface area contributed by atoms with Gasteiger partial charge in [0.05, 0.1) is 12.7 Å². The lowest BCUT2D eigenvalue weighted by atomic mass is 9.45. The van der Waals surface area contributed by atoms with Crippen LogP contribution in [0.15, 0.2) is 35.3 Å². The van der Waals surface area contributed by atoms with E-state index in [1.165, 1.54) is 18.8 Å². The van der Waals surface area contributed by atoms with Crippen molar-refractivity contribution in [2.24, 2.45) is 16.7 Å². The van der Waals surface area contributed by atoms with E-state index in [1.807, 2.05) is 0 Å². The minimum Gasteiger partial charge on any atom is -0.493 e. The largest absolute Gasteiger partial charge is 0.493 e. The number of Topliss-reactive ketones (excluding diaryl/α,β-unsaturated/α-hetero) is 1. The average Bonchev–Trinajstić information content (AvgIpc) is 2.60. The Morgan fingerprint density at radius 3 is 2.65 bits per heavy atom. The lowest BCUT2D eigenvalue weighted by Gasteiger charge is -2.64. The molecule has 0 spiro atoms. The summed E-state index contributed by atoms with van der Waals surface area (Å²) in [5, 5.41) is 0. The van der Waals surface area contributed by atoms with E-state index in [4.69, 9.17) is 9.47 Å². The molecule has 26 heavy (non-hydrogen) atoms. The summed E-state index contributed by atoms with van der Waals surface area (Å²) < 4.78 is 11.6. The molecule has 4 heteroatoms. The maximum Gasteiger partial charge on any atom is 0.227 e. The molecule has 1 aliphatic heterocycles. The molecule has 4 aliphatic rings. The third kappa shape index (κ3) is 2.02. The zero-order valence-corrected chi connectivity index (χ0v) is 16.2. The highest BCUT2D eigenvalue weighted by Crippen LogP contribution is 2.66. The Labute approximate surface area is 155 Å². The Hall–Kier alpha value is -1.84. The van der Waals surface area contributed by atoms with Crippen LogP contribution in [-0.2, 0) is 19.1 Å². The molecule has 4 rings (SSSR count). The molecule has 3 aliphatic carbocycles. The van der Waals surface area contributed by atoms with Crippen molar-refractivity contribution in [2.45, 2.75) is 64.9 Å². The first kappa shape index (κ1) is 17.6. The molecule has 1 heterocycles. The minimum absolute atomic E-state index is 0.0415. The number of carbonyl (C=O) groups excluding carboxylic acids is 2. The number of ketones is 2. The molecule has 4 nitrogen and oxygen atoms in total. The average molecular weight is 356 g/mol. The standard InChI is InChI=1S/C22H28O4/c1-13-7-6-8-17-21(13,3)10-9-20(2)12-14-18(24)16(25-5)11-15(23)19(14)26-22(17,20)4/h11,17H,1,6-10,12H2,2-5H3/t17-,20+,21-,22+/m1/s1. The van der Waals surface area contributed by atoms with Crippen LogP contribution < -0.4 is 0 Å². The van der Waals surface area contributed by atoms with Crippen LogP contribution in [0.2, 0.25) is 0 Å². The molecule has 140 valence electrons. The molecular weight excluding hydrogens is 328 g/mol. The van der Waals surface area contributed by atoms with Gasteiger partial charge in [0.15, 0.2) is 11.5 Å². The summed E-state index contributed by atoms with van der Waals surface area (Å²) >= 11 is 0. The molecule has 0 bridgehead atoms. The van der Waals surface area contributed by atoms with Crippen molar-refractivity contribution in [1.82, 2.24) is 0 Å². The van der Waals surface area contributed by atoms with Gasteiger partial charge in [-0.2, -0.15) is 0 Å². The van der Waals surface area contributed by atoms with E-state index in [0.29, 0.717) is 17.9 Å². The number of ether oxygens (including phenoxy) is 2. The monoisotopic (exact) mass is 356 g/mol. The van der Waals surface area contributed by atoms with E-state index < -0.39 is 5.60 Å². The van der Waals surface area contributed by atoms with Crippen molar-refractivity contribution in [3.05, 3.63) is 35.3 Å². The van der Waals surface area contributed by atoms with Gasteiger partial charge in [-0.3, -0.25) is 9.59 Å². The van der Waals surface area contributed by atoms with Gasteiger partial charge in [-0.1, -0.05) is 26.0 Å². The zero-order valence-electron chi connectivity index (χ0n) is 16.2. The summed E-state index contributed by atoms with van der Waals surface area (Å²) in [6.07, 6.45) is 7.12. The molecule has 0 aromatic heterocycles. The van der Waals surface area contributed by atoms with Crippen LogP contribution in [0.1, 0.15) is 59.3 Å². The molecule has 0 aromatic carbocycles. The third-order valence-electron chi connectivity index (χ3n) is 7.97. The number of methoxy groups -OCH3 is 1. The Balaban J connectivity index is 1.81. The van der Waals surface area contributed by atoms with Gasteiger partial charge < -0.3 is 9.47 Å². The summed E-state index contributed by atoms with van der Waals surface area (Å²) in [5.41, 5.74) is 1.19. The van der Waals surface area contributed by atoms with Gasteiger partial charge in [-0.25, -0.2) is 0 Å². The third-order valence-corrected chi connectivity index (χ3v) is 7.97. The maximum absolute atomic E-state index is 12.8. The lowest BCUT2D eigenvalue weighted by Crippen LogP contribution is -2.63. The summed E-state index contributed by atoms with van der Waals surface area (Å²) in [6.45, 7) is 11.1. The van der Waals surface area contributed by atoms with Gasteiger partial charge in [-0.05, 0) is 50.9 Å². The predicted octanol–water partition coefficient (Wildman–Crippen LogP) is 4.26. The van der Waals surface area contributed by atoms with Crippen molar-refractivity contribution < 1.29 is 19.1 Å². The first-order chi connectivity index (χ1) is 12.2. The van der Waals surface area contributed by atoms with Gasteiger partial charge in [-0.15, -0.1) is 0 Å². The molecule has 0 aromatic rings. The molecule has 2 saturated carbocycles. The van der Waals surface area contributed by atoms with Crippen molar-refractivity contribution in [1.29, 1.82) is 0 Å². The number of carbonyl (C=O) groups is 2. The fourth-order valence-electron chi connectivity index (χ4n) is 5.94. The molecule has 0 amide bonds. The fraction of sp³-hybridized carbons (Fsp3) is 0.636. The minimum atomic E-state index is -0.476. The Kier molecular flexibility index (Phi) is 3.61. The smallest absolute Gasteiger partial charge is 0.227 e. The number of hydrogen-bond acceptors (Lipinski definition) is 4. The van der Waals surface area contributed by atoms with Gasteiger partial charge in [0.25, 0.3) is 0 Å². The number of fused-ring (bicyclic) bond motifs is 3. The van der Waals surface area contributed by atoms with Crippen LogP contribution in [0.5, 0.6) is 0 Å². The molecule has 0 radical (unpaired) electrons. The van der Waals surface area contributed by atoms with Crippen LogP contribution in [-0.4, -0.2) is 24.3 Å². The lowest BCUT2D eigenvalue weighted by molar-refractivity contribution is -0.202. The number of allylic oxidation sites excluding steroid dienone is 3. The van der Waals surface area contributed by atoms with Gasteiger partial charge >= 0.3 is 0 Å². The Morgan fingerprint density at radius 2 is 1.96 bits per heavy atom. The molecule has 0 unspecified atom stereocenters. The van der Waals surface area contributed by atoms with E-state index in [1.54, 1.807) is 0 Å². The molecule has 0 N–H and O–H groups in total. The summed E-state index contributed by atoms with van der Waals surface area (Å²) in [4.78, 5) is 25.4. The first-order valence-electron chi connectivity index (χ1n) is 9.61. The van der Waals surface area contributed by atoms with E-state index in [0.717, 1.165) is 32.1 Å². The SMILES string of the molecule is C=C1CCC[C@H]2[C@]3(C)OC4=C(C[C@]3(C)CC[C@]12C)C(=O)C(OC)=CC4=O. The Morgan fingerprint density at radius 1 is 1.23 bits per heavy atom. The molecule has 0 saturated heterocycles. The van der Waals surface area contributed by atoms with Crippen LogP contribution >= 0.6 is 0 Å². The predicted molar refractivity (Wildman–Crippen MR) is 98.2 cm³/mol. The second-order valence-corrected chi connectivity index (χ2v) is 9.13. The van der Waals surface area contributed by atoms with E-state index in [2.05, 4.69) is 27.4 Å². The van der Waals surface area contributed by atoms with Crippen LogP contribution in [0.25, 0.3) is 0 Å².